The van der Waals surface area contributed by atoms with Crippen LogP contribution in [0, 0.1) is 0 Å². The van der Waals surface area contributed by atoms with Gasteiger partial charge in [-0.25, -0.2) is 0 Å². The van der Waals surface area contributed by atoms with E-state index in [9.17, 15) is 4.79 Å². The lowest BCUT2D eigenvalue weighted by atomic mass is 10.3. The number of rotatable bonds is 4. The number of hydrogen-bond acceptors (Lipinski definition) is 3. The maximum absolute atomic E-state index is 11.5. The summed E-state index contributed by atoms with van der Waals surface area (Å²) >= 11 is 4.84. The summed E-state index contributed by atoms with van der Waals surface area (Å²) in [5.74, 6) is -0.00574. The second kappa shape index (κ2) is 5.48. The van der Waals surface area contributed by atoms with E-state index in [1.165, 1.54) is 11.3 Å². The van der Waals surface area contributed by atoms with Crippen molar-refractivity contribution in [2.24, 2.45) is 0 Å². The normalized spacial score (nSPS) is 10.6. The van der Waals surface area contributed by atoms with Crippen molar-refractivity contribution in [3.63, 3.8) is 0 Å². The molecular formula is C9H13BrN2OS. The molecule has 1 amide bonds. The first kappa shape index (κ1) is 11.7. The first-order valence-electron chi connectivity index (χ1n) is 4.26. The minimum Gasteiger partial charge on any atom is -0.351 e. The quantitative estimate of drug-likeness (QED) is 0.910. The van der Waals surface area contributed by atoms with Crippen LogP contribution in [0.25, 0.3) is 0 Å². The molecule has 1 rings (SSSR count). The molecule has 1 N–H and O–H groups in total. The van der Waals surface area contributed by atoms with Crippen LogP contribution in [0.3, 0.4) is 0 Å². The van der Waals surface area contributed by atoms with Crippen LogP contribution < -0.4 is 5.32 Å². The van der Waals surface area contributed by atoms with Gasteiger partial charge in [0.05, 0.1) is 9.35 Å². The maximum atomic E-state index is 11.5. The Morgan fingerprint density at radius 2 is 2.36 bits per heavy atom. The Hall–Kier alpha value is -0.390. The topological polar surface area (TPSA) is 32.3 Å². The van der Waals surface area contributed by atoms with Crippen molar-refractivity contribution in [1.29, 1.82) is 0 Å². The maximum Gasteiger partial charge on any atom is 0.252 e. The number of likely N-dealkylation sites (N-methyl/N-ethyl adjacent to an activating group) is 1. The van der Waals surface area contributed by atoms with Crippen LogP contribution in [0.5, 0.6) is 0 Å². The Balaban J connectivity index is 2.36. The van der Waals surface area contributed by atoms with Crippen molar-refractivity contribution < 1.29 is 4.79 Å². The highest BCUT2D eigenvalue weighted by Crippen LogP contribution is 2.20. The van der Waals surface area contributed by atoms with E-state index < -0.39 is 0 Å². The van der Waals surface area contributed by atoms with Gasteiger partial charge in [-0.05, 0) is 36.1 Å². The molecule has 0 radical (unpaired) electrons. The van der Waals surface area contributed by atoms with E-state index in [1.54, 1.807) is 0 Å². The average molecular weight is 277 g/mol. The number of nitrogens with zero attached hydrogens (tertiary/aromatic N) is 1. The Kier molecular flexibility index (Phi) is 4.57. The molecule has 0 saturated carbocycles. The van der Waals surface area contributed by atoms with Crippen molar-refractivity contribution in [3.05, 3.63) is 20.8 Å². The molecule has 0 atom stereocenters. The second-order valence-electron chi connectivity index (χ2n) is 3.20. The predicted octanol–water partition coefficient (Wildman–Crippen LogP) is 1.80. The number of thiophene rings is 1. The summed E-state index contributed by atoms with van der Waals surface area (Å²) in [4.78, 5) is 13.5. The van der Waals surface area contributed by atoms with Gasteiger partial charge in [0, 0.05) is 18.5 Å². The van der Waals surface area contributed by atoms with Crippen LogP contribution in [-0.2, 0) is 0 Å². The van der Waals surface area contributed by atoms with Gasteiger partial charge in [0.2, 0.25) is 0 Å². The summed E-state index contributed by atoms with van der Waals surface area (Å²) < 4.78 is 0.982. The van der Waals surface area contributed by atoms with Crippen LogP contribution in [-0.4, -0.2) is 38.0 Å². The summed E-state index contributed by atoms with van der Waals surface area (Å²) in [5, 5.41) is 4.69. The molecule has 0 aromatic carbocycles. The predicted molar refractivity (Wildman–Crippen MR) is 62.9 cm³/mol. The minimum absolute atomic E-state index is 0.00574. The standard InChI is InChI=1S/C9H13BrN2OS/c1-12(2)4-3-11-9(13)7-5-8(10)14-6-7/h5-6H,3-4H2,1-2H3,(H,11,13). The molecule has 0 saturated heterocycles. The monoisotopic (exact) mass is 276 g/mol. The second-order valence-corrected chi connectivity index (χ2v) is 5.49. The van der Waals surface area contributed by atoms with Crippen LogP contribution >= 0.6 is 27.3 Å². The molecule has 0 bridgehead atoms. The van der Waals surface area contributed by atoms with Crippen molar-refractivity contribution in [2.45, 2.75) is 0 Å². The van der Waals surface area contributed by atoms with Crippen LogP contribution in [0.15, 0.2) is 15.2 Å². The molecule has 0 aliphatic carbocycles. The van der Waals surface area contributed by atoms with E-state index in [0.717, 1.165) is 15.9 Å². The van der Waals surface area contributed by atoms with E-state index in [0.29, 0.717) is 6.54 Å². The largest absolute Gasteiger partial charge is 0.351 e. The molecule has 0 aliphatic heterocycles. The Morgan fingerprint density at radius 1 is 1.64 bits per heavy atom. The van der Waals surface area contributed by atoms with Gasteiger partial charge in [-0.2, -0.15) is 0 Å². The van der Waals surface area contributed by atoms with Gasteiger partial charge in [0.25, 0.3) is 5.91 Å². The summed E-state index contributed by atoms with van der Waals surface area (Å²) in [6, 6.07) is 1.83. The van der Waals surface area contributed by atoms with Gasteiger partial charge in [-0.3, -0.25) is 4.79 Å². The lowest BCUT2D eigenvalue weighted by molar-refractivity contribution is 0.0951. The third-order valence-electron chi connectivity index (χ3n) is 1.67. The number of nitrogens with one attached hydrogen (secondary N) is 1. The molecule has 3 nitrogen and oxygen atoms in total. The molecule has 0 unspecified atom stereocenters. The zero-order chi connectivity index (χ0) is 10.6. The molecule has 0 fully saturated rings. The minimum atomic E-state index is -0.00574. The van der Waals surface area contributed by atoms with E-state index in [4.69, 9.17) is 0 Å². The summed E-state index contributed by atoms with van der Waals surface area (Å²) in [6.07, 6.45) is 0. The van der Waals surface area contributed by atoms with E-state index in [1.807, 2.05) is 30.4 Å². The van der Waals surface area contributed by atoms with Gasteiger partial charge in [-0.15, -0.1) is 11.3 Å². The van der Waals surface area contributed by atoms with Crippen LogP contribution in [0.4, 0.5) is 0 Å². The summed E-state index contributed by atoms with van der Waals surface area (Å²) in [7, 11) is 3.96. The van der Waals surface area contributed by atoms with Crippen LogP contribution in [0.2, 0.25) is 0 Å². The lowest BCUT2D eigenvalue weighted by Gasteiger charge is -2.09. The fourth-order valence-electron chi connectivity index (χ4n) is 0.924. The molecule has 5 heteroatoms. The smallest absolute Gasteiger partial charge is 0.252 e. The fraction of sp³-hybridized carbons (Fsp3) is 0.444. The number of amides is 1. The molecule has 1 aromatic heterocycles. The van der Waals surface area contributed by atoms with Crippen LogP contribution in [0.1, 0.15) is 10.4 Å². The molecule has 1 aromatic rings. The highest BCUT2D eigenvalue weighted by atomic mass is 79.9. The highest BCUT2D eigenvalue weighted by molar-refractivity contribution is 9.11. The van der Waals surface area contributed by atoms with E-state index in [-0.39, 0.29) is 5.91 Å². The van der Waals surface area contributed by atoms with Gasteiger partial charge in [0.1, 0.15) is 0 Å². The zero-order valence-electron chi connectivity index (χ0n) is 8.21. The first-order chi connectivity index (χ1) is 6.59. The Bertz CT molecular complexity index is 312. The first-order valence-corrected chi connectivity index (χ1v) is 5.94. The molecule has 0 spiro atoms. The van der Waals surface area contributed by atoms with E-state index >= 15 is 0 Å². The summed E-state index contributed by atoms with van der Waals surface area (Å²) in [6.45, 7) is 1.54. The number of hydrogen-bond donors (Lipinski definition) is 1. The average Bonchev–Trinajstić information content (AvgIpc) is 2.51. The molecule has 0 aliphatic rings. The molecule has 1 heterocycles. The Labute approximate surface area is 96.2 Å². The highest BCUT2D eigenvalue weighted by Gasteiger charge is 2.06. The Morgan fingerprint density at radius 3 is 2.86 bits per heavy atom. The lowest BCUT2D eigenvalue weighted by Crippen LogP contribution is -2.31. The fourth-order valence-corrected chi connectivity index (χ4v) is 2.06. The number of halogens is 1. The molecule has 78 valence electrons. The molecular weight excluding hydrogens is 264 g/mol. The van der Waals surface area contributed by atoms with E-state index in [2.05, 4.69) is 21.2 Å². The van der Waals surface area contributed by atoms with Crippen molar-refractivity contribution in [1.82, 2.24) is 10.2 Å². The van der Waals surface area contributed by atoms with Gasteiger partial charge < -0.3 is 10.2 Å². The zero-order valence-corrected chi connectivity index (χ0v) is 10.6. The SMILES string of the molecule is CN(C)CCNC(=O)c1csc(Br)c1. The van der Waals surface area contributed by atoms with Crippen molar-refractivity contribution >= 4 is 33.2 Å². The van der Waals surface area contributed by atoms with Gasteiger partial charge in [0.15, 0.2) is 0 Å². The van der Waals surface area contributed by atoms with Gasteiger partial charge >= 0.3 is 0 Å². The van der Waals surface area contributed by atoms with Crippen molar-refractivity contribution in [2.75, 3.05) is 27.2 Å². The number of carbonyl (C=O) groups is 1. The summed E-state index contributed by atoms with van der Waals surface area (Å²) in [5.41, 5.74) is 0.723. The van der Waals surface area contributed by atoms with Crippen molar-refractivity contribution in [3.8, 4) is 0 Å². The third kappa shape index (κ3) is 3.77. The number of carbonyl (C=O) groups excluding carboxylic acids is 1. The van der Waals surface area contributed by atoms with Gasteiger partial charge in [-0.1, -0.05) is 0 Å². The molecule has 14 heavy (non-hydrogen) atoms. The third-order valence-corrected chi connectivity index (χ3v) is 3.18.